The van der Waals surface area contributed by atoms with Crippen molar-refractivity contribution in [3.8, 4) is 0 Å². The van der Waals surface area contributed by atoms with Gasteiger partial charge >= 0.3 is 0 Å². The second-order valence-electron chi connectivity index (χ2n) is 3.95. The molecule has 1 heteroatoms. The molecule has 2 rings (SSSR count). The highest BCUT2D eigenvalue weighted by Crippen LogP contribution is 2.43. The van der Waals surface area contributed by atoms with Gasteiger partial charge in [-0.3, -0.25) is 0 Å². The second kappa shape index (κ2) is 1.72. The fourth-order valence-corrected chi connectivity index (χ4v) is 2.30. The van der Waals surface area contributed by atoms with Gasteiger partial charge < -0.3 is 5.32 Å². The lowest BCUT2D eigenvalue weighted by Crippen LogP contribution is -2.51. The predicted molar refractivity (Wildman–Crippen MR) is 38.3 cm³/mol. The Hall–Kier alpha value is -0.0400. The van der Waals surface area contributed by atoms with Crippen molar-refractivity contribution in [3.63, 3.8) is 0 Å². The lowest BCUT2D eigenvalue weighted by Gasteiger charge is -2.39. The van der Waals surface area contributed by atoms with Crippen molar-refractivity contribution in [1.29, 1.82) is 0 Å². The highest BCUT2D eigenvalue weighted by molar-refractivity contribution is 4.97. The summed E-state index contributed by atoms with van der Waals surface area (Å²) >= 11 is 0. The normalized spacial score (nSPS) is 39.0. The van der Waals surface area contributed by atoms with E-state index in [1.165, 1.54) is 32.4 Å². The van der Waals surface area contributed by atoms with Gasteiger partial charge in [-0.2, -0.15) is 0 Å². The van der Waals surface area contributed by atoms with Crippen LogP contribution in [0.2, 0.25) is 0 Å². The molecular formula is C8H15N. The molecule has 1 heterocycles. The lowest BCUT2D eigenvalue weighted by molar-refractivity contribution is 0.171. The van der Waals surface area contributed by atoms with Gasteiger partial charge in [0, 0.05) is 13.1 Å². The third-order valence-corrected chi connectivity index (χ3v) is 2.95. The molecule has 0 aromatic rings. The van der Waals surface area contributed by atoms with Gasteiger partial charge in [0.1, 0.15) is 0 Å². The summed E-state index contributed by atoms with van der Waals surface area (Å²) in [5.74, 6) is 1.01. The third kappa shape index (κ3) is 0.787. The van der Waals surface area contributed by atoms with E-state index in [1.807, 2.05) is 0 Å². The maximum Gasteiger partial charge on any atom is 0.00203 e. The molecule has 1 atom stereocenters. The van der Waals surface area contributed by atoms with Crippen molar-refractivity contribution in [2.24, 2.45) is 11.3 Å². The van der Waals surface area contributed by atoms with Crippen LogP contribution in [0, 0.1) is 11.3 Å². The fourth-order valence-electron chi connectivity index (χ4n) is 2.30. The standard InChI is InChI=1S/C8H15N/c1-7-2-3-8(4-7)5-9-6-8/h7,9H,2-6H2,1H3/t7-/m0/s1. The fraction of sp³-hybridized carbons (Fsp3) is 1.00. The van der Waals surface area contributed by atoms with Crippen molar-refractivity contribution in [1.82, 2.24) is 5.32 Å². The Kier molecular flexibility index (Phi) is 1.10. The van der Waals surface area contributed by atoms with Crippen LogP contribution in [0.15, 0.2) is 0 Å². The first kappa shape index (κ1) is 5.72. The van der Waals surface area contributed by atoms with E-state index in [-0.39, 0.29) is 0 Å². The Labute approximate surface area is 56.8 Å². The second-order valence-corrected chi connectivity index (χ2v) is 3.95. The van der Waals surface area contributed by atoms with Crippen LogP contribution in [0.1, 0.15) is 26.2 Å². The molecule has 0 amide bonds. The summed E-state index contributed by atoms with van der Waals surface area (Å²) in [4.78, 5) is 0. The zero-order valence-electron chi connectivity index (χ0n) is 6.11. The van der Waals surface area contributed by atoms with E-state index < -0.39 is 0 Å². The first-order chi connectivity index (χ1) is 4.31. The smallest absolute Gasteiger partial charge is 0.00203 e. The van der Waals surface area contributed by atoms with E-state index in [4.69, 9.17) is 0 Å². The van der Waals surface area contributed by atoms with Crippen LogP contribution in [0.25, 0.3) is 0 Å². The molecule has 1 aliphatic carbocycles. The molecule has 9 heavy (non-hydrogen) atoms. The van der Waals surface area contributed by atoms with Gasteiger partial charge in [0.25, 0.3) is 0 Å². The maximum absolute atomic E-state index is 3.36. The van der Waals surface area contributed by atoms with Crippen LogP contribution in [0.3, 0.4) is 0 Å². The van der Waals surface area contributed by atoms with Crippen LogP contribution in [-0.4, -0.2) is 13.1 Å². The summed E-state index contributed by atoms with van der Waals surface area (Å²) in [5.41, 5.74) is 0.777. The Morgan fingerprint density at radius 1 is 1.44 bits per heavy atom. The number of nitrogens with one attached hydrogen (secondary N) is 1. The Morgan fingerprint density at radius 3 is 2.44 bits per heavy atom. The Balaban J connectivity index is 1.99. The lowest BCUT2D eigenvalue weighted by atomic mass is 9.80. The zero-order chi connectivity index (χ0) is 6.32. The number of rotatable bonds is 0. The van der Waals surface area contributed by atoms with Crippen LogP contribution < -0.4 is 5.32 Å². The summed E-state index contributed by atoms with van der Waals surface area (Å²) in [6.07, 6.45) is 4.45. The van der Waals surface area contributed by atoms with Gasteiger partial charge in [-0.15, -0.1) is 0 Å². The first-order valence-corrected chi connectivity index (χ1v) is 4.02. The Morgan fingerprint density at radius 2 is 2.22 bits per heavy atom. The predicted octanol–water partition coefficient (Wildman–Crippen LogP) is 1.40. The maximum atomic E-state index is 3.36. The van der Waals surface area contributed by atoms with Crippen molar-refractivity contribution in [2.75, 3.05) is 13.1 Å². The van der Waals surface area contributed by atoms with E-state index in [1.54, 1.807) is 0 Å². The minimum Gasteiger partial charge on any atom is -0.316 e. The van der Waals surface area contributed by atoms with Crippen molar-refractivity contribution in [2.45, 2.75) is 26.2 Å². The highest BCUT2D eigenvalue weighted by Gasteiger charge is 2.41. The first-order valence-electron chi connectivity index (χ1n) is 4.02. The minimum absolute atomic E-state index is 0.777. The summed E-state index contributed by atoms with van der Waals surface area (Å²) in [6, 6.07) is 0. The molecule has 1 spiro atoms. The van der Waals surface area contributed by atoms with Crippen LogP contribution in [0.5, 0.6) is 0 Å². The molecular weight excluding hydrogens is 110 g/mol. The monoisotopic (exact) mass is 125 g/mol. The van der Waals surface area contributed by atoms with E-state index in [2.05, 4.69) is 12.2 Å². The summed E-state index contributed by atoms with van der Waals surface area (Å²) < 4.78 is 0. The summed E-state index contributed by atoms with van der Waals surface area (Å²) in [6.45, 7) is 4.99. The molecule has 0 unspecified atom stereocenters. The van der Waals surface area contributed by atoms with Crippen molar-refractivity contribution in [3.05, 3.63) is 0 Å². The third-order valence-electron chi connectivity index (χ3n) is 2.95. The minimum atomic E-state index is 0.777. The Bertz CT molecular complexity index is 116. The molecule has 0 aromatic carbocycles. The molecule has 0 aromatic heterocycles. The van der Waals surface area contributed by atoms with E-state index >= 15 is 0 Å². The average Bonchev–Trinajstić information content (AvgIpc) is 2.09. The van der Waals surface area contributed by atoms with Crippen LogP contribution in [-0.2, 0) is 0 Å². The number of hydrogen-bond acceptors (Lipinski definition) is 1. The quantitative estimate of drug-likeness (QED) is 0.516. The van der Waals surface area contributed by atoms with Gasteiger partial charge in [-0.25, -0.2) is 0 Å². The van der Waals surface area contributed by atoms with E-state index in [0.29, 0.717) is 0 Å². The molecule has 1 saturated heterocycles. The van der Waals surface area contributed by atoms with E-state index in [9.17, 15) is 0 Å². The summed E-state index contributed by atoms with van der Waals surface area (Å²) in [7, 11) is 0. The molecule has 1 nitrogen and oxygen atoms in total. The molecule has 1 saturated carbocycles. The van der Waals surface area contributed by atoms with Crippen LogP contribution in [0.4, 0.5) is 0 Å². The van der Waals surface area contributed by atoms with Gasteiger partial charge in [0.05, 0.1) is 0 Å². The number of hydrogen-bond donors (Lipinski definition) is 1. The topological polar surface area (TPSA) is 12.0 Å². The van der Waals surface area contributed by atoms with Crippen molar-refractivity contribution < 1.29 is 0 Å². The molecule has 2 aliphatic rings. The van der Waals surface area contributed by atoms with E-state index in [0.717, 1.165) is 11.3 Å². The zero-order valence-corrected chi connectivity index (χ0v) is 6.11. The molecule has 1 N–H and O–H groups in total. The van der Waals surface area contributed by atoms with Gasteiger partial charge in [-0.05, 0) is 24.2 Å². The SMILES string of the molecule is C[C@H]1CCC2(CNC2)C1. The van der Waals surface area contributed by atoms with Crippen molar-refractivity contribution >= 4 is 0 Å². The van der Waals surface area contributed by atoms with Gasteiger partial charge in [0.15, 0.2) is 0 Å². The molecule has 2 fully saturated rings. The van der Waals surface area contributed by atoms with Crippen LogP contribution >= 0.6 is 0 Å². The summed E-state index contributed by atoms with van der Waals surface area (Å²) in [5, 5.41) is 3.36. The molecule has 0 radical (unpaired) electrons. The van der Waals surface area contributed by atoms with Gasteiger partial charge in [0.2, 0.25) is 0 Å². The molecule has 1 aliphatic heterocycles. The van der Waals surface area contributed by atoms with Gasteiger partial charge in [-0.1, -0.05) is 13.3 Å². The largest absolute Gasteiger partial charge is 0.316 e. The molecule has 52 valence electrons. The highest BCUT2D eigenvalue weighted by atomic mass is 15.0. The molecule has 0 bridgehead atoms. The average molecular weight is 125 g/mol.